The van der Waals surface area contributed by atoms with Crippen LogP contribution in [-0.4, -0.2) is 58.1 Å². The van der Waals surface area contributed by atoms with Crippen molar-refractivity contribution in [3.8, 4) is 0 Å². The number of nitrogens with zero attached hydrogens (tertiary/aromatic N) is 1. The largest absolute Gasteiger partial charge is 0.396 e. The van der Waals surface area contributed by atoms with Crippen LogP contribution < -0.4 is 10.6 Å². The second-order valence-electron chi connectivity index (χ2n) is 11.8. The Morgan fingerprint density at radius 1 is 0.925 bits per heavy atom. The third-order valence-electron chi connectivity index (χ3n) is 9.27. The third-order valence-corrected chi connectivity index (χ3v) is 9.27. The molecule has 8 heteroatoms. The van der Waals surface area contributed by atoms with Gasteiger partial charge in [-0.05, 0) is 43.2 Å². The lowest BCUT2D eigenvalue weighted by atomic mass is 9.62. The van der Waals surface area contributed by atoms with Gasteiger partial charge >= 0.3 is 0 Å². The van der Waals surface area contributed by atoms with E-state index in [1.165, 1.54) is 0 Å². The number of rotatable bonds is 12. The van der Waals surface area contributed by atoms with E-state index in [1.54, 1.807) is 4.90 Å². The van der Waals surface area contributed by atoms with Crippen molar-refractivity contribution in [2.75, 3.05) is 13.2 Å². The van der Waals surface area contributed by atoms with Crippen LogP contribution in [0.3, 0.4) is 0 Å². The van der Waals surface area contributed by atoms with E-state index >= 15 is 0 Å². The molecule has 0 aliphatic carbocycles. The van der Waals surface area contributed by atoms with Crippen LogP contribution in [0.1, 0.15) is 57.1 Å². The molecule has 3 aliphatic rings. The van der Waals surface area contributed by atoms with Crippen molar-refractivity contribution in [2.24, 2.45) is 17.8 Å². The first-order valence-electron chi connectivity index (χ1n) is 14.6. The topological polar surface area (TPSA) is 108 Å². The standard InChI is InChI=1S/C32H41N3O5/c1-22-19-32-26(25(31(22,2)40-32)28(37)33-20-23-13-7-5-8-14-23)30(39)35(17-11-3-4-12-18-36)27(32)29(38)34-21-24-15-9-6-10-16-24/h5-10,13-16,22,25-27,36H,3-4,11-12,17-21H2,1-2H3,(H,33,37)(H,34,38)/t22?,25-,26-,27?,31+,32?/m0/s1. The third kappa shape index (κ3) is 5.03. The summed E-state index contributed by atoms with van der Waals surface area (Å²) in [6.45, 7) is 5.26. The Hall–Kier alpha value is -3.23. The van der Waals surface area contributed by atoms with E-state index < -0.39 is 29.1 Å². The van der Waals surface area contributed by atoms with Crippen molar-refractivity contribution in [2.45, 2.75) is 76.3 Å². The molecule has 3 aliphatic heterocycles. The Balaban J connectivity index is 1.41. The number of hydrogen-bond donors (Lipinski definition) is 3. The lowest BCUT2D eigenvalue weighted by Gasteiger charge is -2.36. The number of hydrogen-bond acceptors (Lipinski definition) is 5. The molecule has 0 radical (unpaired) electrons. The van der Waals surface area contributed by atoms with Gasteiger partial charge in [0.05, 0.1) is 17.4 Å². The molecular formula is C32H41N3O5. The van der Waals surface area contributed by atoms with Gasteiger partial charge in [0.2, 0.25) is 17.7 Å². The molecule has 0 aromatic heterocycles. The summed E-state index contributed by atoms with van der Waals surface area (Å²) in [4.78, 5) is 43.5. The number of fused-ring (bicyclic) bond motifs is 1. The van der Waals surface area contributed by atoms with Crippen LogP contribution >= 0.6 is 0 Å². The first-order valence-corrected chi connectivity index (χ1v) is 14.6. The van der Waals surface area contributed by atoms with Crippen LogP contribution in [0.4, 0.5) is 0 Å². The lowest BCUT2D eigenvalue weighted by molar-refractivity contribution is -0.147. The van der Waals surface area contributed by atoms with Crippen LogP contribution in [0.5, 0.6) is 0 Å². The molecule has 40 heavy (non-hydrogen) atoms. The Kier molecular flexibility index (Phi) is 8.29. The molecule has 3 amide bonds. The van der Waals surface area contributed by atoms with E-state index in [-0.39, 0.29) is 30.2 Å². The Morgan fingerprint density at radius 2 is 1.50 bits per heavy atom. The summed E-state index contributed by atoms with van der Waals surface area (Å²) in [6.07, 6.45) is 3.68. The molecule has 1 spiro atoms. The van der Waals surface area contributed by atoms with Crippen LogP contribution in [0.15, 0.2) is 60.7 Å². The number of ether oxygens (including phenoxy) is 1. The van der Waals surface area contributed by atoms with E-state index in [2.05, 4.69) is 17.6 Å². The molecule has 3 unspecified atom stereocenters. The predicted octanol–water partition coefficient (Wildman–Crippen LogP) is 3.18. The highest BCUT2D eigenvalue weighted by Gasteiger charge is 2.79. The van der Waals surface area contributed by atoms with Gasteiger partial charge in [-0.1, -0.05) is 80.4 Å². The maximum atomic E-state index is 14.2. The number of benzene rings is 2. The molecule has 214 valence electrons. The lowest BCUT2D eigenvalue weighted by Crippen LogP contribution is -2.55. The van der Waals surface area contributed by atoms with Crippen LogP contribution in [0.2, 0.25) is 0 Å². The number of likely N-dealkylation sites (tertiary alicyclic amines) is 1. The average molecular weight is 548 g/mol. The molecule has 2 aromatic carbocycles. The Bertz CT molecular complexity index is 1210. The fourth-order valence-electron chi connectivity index (χ4n) is 7.20. The zero-order valence-electron chi connectivity index (χ0n) is 23.5. The van der Waals surface area contributed by atoms with Gasteiger partial charge in [0, 0.05) is 26.2 Å². The monoisotopic (exact) mass is 547 g/mol. The number of unbranched alkanes of at least 4 members (excludes halogenated alkanes) is 3. The normalized spacial score (nSPS) is 30.4. The van der Waals surface area contributed by atoms with Crippen molar-refractivity contribution >= 4 is 17.7 Å². The Morgan fingerprint density at radius 3 is 2.10 bits per heavy atom. The van der Waals surface area contributed by atoms with Gasteiger partial charge < -0.3 is 25.4 Å². The zero-order valence-corrected chi connectivity index (χ0v) is 23.5. The van der Waals surface area contributed by atoms with Gasteiger partial charge in [0.25, 0.3) is 0 Å². The summed E-state index contributed by atoms with van der Waals surface area (Å²) in [7, 11) is 0. The van der Waals surface area contributed by atoms with Gasteiger partial charge in [0.15, 0.2) is 0 Å². The number of carbonyl (C=O) groups excluding carboxylic acids is 3. The summed E-state index contributed by atoms with van der Waals surface area (Å²) in [6, 6.07) is 18.6. The Labute approximate surface area is 236 Å². The summed E-state index contributed by atoms with van der Waals surface area (Å²) < 4.78 is 6.78. The van der Waals surface area contributed by atoms with Crippen molar-refractivity contribution < 1.29 is 24.2 Å². The average Bonchev–Trinajstić information content (AvgIpc) is 3.48. The minimum atomic E-state index is -1.05. The highest BCUT2D eigenvalue weighted by Crippen LogP contribution is 2.65. The van der Waals surface area contributed by atoms with Crippen LogP contribution in [0.25, 0.3) is 0 Å². The quantitative estimate of drug-likeness (QED) is 0.354. The molecule has 5 rings (SSSR count). The molecule has 2 aromatic rings. The molecule has 6 atom stereocenters. The molecule has 3 saturated heterocycles. The number of carbonyl (C=O) groups is 3. The second kappa shape index (κ2) is 11.7. The minimum Gasteiger partial charge on any atom is -0.396 e. The summed E-state index contributed by atoms with van der Waals surface area (Å²) in [5.74, 6) is -2.01. The van der Waals surface area contributed by atoms with Gasteiger partial charge in [0.1, 0.15) is 11.6 Å². The fourth-order valence-corrected chi connectivity index (χ4v) is 7.20. The van der Waals surface area contributed by atoms with E-state index in [4.69, 9.17) is 9.84 Å². The van der Waals surface area contributed by atoms with Gasteiger partial charge in [-0.25, -0.2) is 0 Å². The molecular weight excluding hydrogens is 506 g/mol. The van der Waals surface area contributed by atoms with E-state index in [1.807, 2.05) is 67.6 Å². The summed E-state index contributed by atoms with van der Waals surface area (Å²) in [5.41, 5.74) is 0.0613. The highest BCUT2D eigenvalue weighted by molar-refractivity contribution is 5.99. The van der Waals surface area contributed by atoms with Crippen molar-refractivity contribution in [1.82, 2.24) is 15.5 Å². The molecule has 3 N–H and O–H groups in total. The van der Waals surface area contributed by atoms with Crippen molar-refractivity contribution in [1.29, 1.82) is 0 Å². The number of aliphatic hydroxyl groups is 1. The maximum absolute atomic E-state index is 14.2. The second-order valence-corrected chi connectivity index (χ2v) is 11.8. The first kappa shape index (κ1) is 28.3. The van der Waals surface area contributed by atoms with Crippen LogP contribution in [-0.2, 0) is 32.2 Å². The van der Waals surface area contributed by atoms with Gasteiger partial charge in [-0.2, -0.15) is 0 Å². The van der Waals surface area contributed by atoms with Gasteiger partial charge in [-0.15, -0.1) is 0 Å². The smallest absolute Gasteiger partial charge is 0.246 e. The predicted molar refractivity (Wildman–Crippen MR) is 151 cm³/mol. The van der Waals surface area contributed by atoms with E-state index in [0.29, 0.717) is 38.9 Å². The fraction of sp³-hybridized carbons (Fsp3) is 0.531. The molecule has 3 fully saturated rings. The SMILES string of the molecule is CC1CC23O[C@@]1(C)[C@H](C(=O)NCc1ccccc1)[C@H]2C(=O)N(CCCCCCO)C3C(=O)NCc1ccccc1. The maximum Gasteiger partial charge on any atom is 0.246 e. The minimum absolute atomic E-state index is 0.00190. The van der Waals surface area contributed by atoms with Crippen LogP contribution in [0, 0.1) is 17.8 Å². The molecule has 8 nitrogen and oxygen atoms in total. The molecule has 3 heterocycles. The molecule has 2 bridgehead atoms. The zero-order chi connectivity index (χ0) is 28.3. The summed E-state index contributed by atoms with van der Waals surface area (Å²) >= 11 is 0. The number of amides is 3. The van der Waals surface area contributed by atoms with E-state index in [0.717, 1.165) is 24.0 Å². The molecule has 0 saturated carbocycles. The summed E-state index contributed by atoms with van der Waals surface area (Å²) in [5, 5.41) is 15.3. The van der Waals surface area contributed by atoms with Crippen molar-refractivity contribution in [3.63, 3.8) is 0 Å². The van der Waals surface area contributed by atoms with Gasteiger partial charge in [-0.3, -0.25) is 14.4 Å². The van der Waals surface area contributed by atoms with Crippen molar-refractivity contribution in [3.05, 3.63) is 71.8 Å². The number of nitrogens with one attached hydrogen (secondary N) is 2. The number of aliphatic hydroxyl groups excluding tert-OH is 1. The van der Waals surface area contributed by atoms with E-state index in [9.17, 15) is 14.4 Å². The highest BCUT2D eigenvalue weighted by atomic mass is 16.5. The first-order chi connectivity index (χ1) is 19.3.